The summed E-state index contributed by atoms with van der Waals surface area (Å²) in [4.78, 5) is 16.8. The Hall–Kier alpha value is -3.32. The number of likely N-dealkylation sites (tertiary alicyclic amines) is 1. The first-order valence-corrected chi connectivity index (χ1v) is 12.5. The molecule has 35 heavy (non-hydrogen) atoms. The zero-order chi connectivity index (χ0) is 24.4. The molecule has 0 unspecified atom stereocenters. The van der Waals surface area contributed by atoms with Crippen molar-refractivity contribution in [1.82, 2.24) is 29.6 Å². The van der Waals surface area contributed by atoms with Crippen molar-refractivity contribution < 1.29 is 4.74 Å². The topological polar surface area (TPSA) is 69.0 Å². The van der Waals surface area contributed by atoms with Crippen molar-refractivity contribution in [2.45, 2.75) is 52.6 Å². The lowest BCUT2D eigenvalue weighted by Crippen LogP contribution is -2.38. The second-order valence-corrected chi connectivity index (χ2v) is 9.86. The highest BCUT2D eigenvalue weighted by molar-refractivity contribution is 5.82. The van der Waals surface area contributed by atoms with Crippen molar-refractivity contribution in [1.29, 1.82) is 0 Å². The van der Waals surface area contributed by atoms with Crippen LogP contribution < -0.4 is 4.74 Å². The van der Waals surface area contributed by atoms with Gasteiger partial charge in [0, 0.05) is 29.4 Å². The van der Waals surface area contributed by atoms with E-state index in [4.69, 9.17) is 19.8 Å². The summed E-state index contributed by atoms with van der Waals surface area (Å²) in [6.45, 7) is 9.61. The number of fused-ring (bicyclic) bond motifs is 1. The van der Waals surface area contributed by atoms with E-state index in [-0.39, 0.29) is 0 Å². The molecule has 0 radical (unpaired) electrons. The molecule has 0 bridgehead atoms. The second-order valence-electron chi connectivity index (χ2n) is 9.86. The van der Waals surface area contributed by atoms with E-state index in [1.54, 1.807) is 7.11 Å². The molecule has 5 rings (SSSR count). The Kier molecular flexibility index (Phi) is 6.77. The molecular weight excluding hydrogens is 436 g/mol. The summed E-state index contributed by atoms with van der Waals surface area (Å²) in [5.41, 5.74) is 5.91. The van der Waals surface area contributed by atoms with Crippen LogP contribution >= 0.6 is 0 Å². The number of rotatable bonds is 7. The molecule has 0 atom stereocenters. The lowest BCUT2D eigenvalue weighted by molar-refractivity contribution is 0.149. The lowest BCUT2D eigenvalue weighted by atomic mass is 9.91. The minimum absolute atomic E-state index is 0.630. The van der Waals surface area contributed by atoms with E-state index >= 15 is 0 Å². The molecule has 1 aliphatic heterocycles. The predicted octanol–water partition coefficient (Wildman–Crippen LogP) is 4.92. The fourth-order valence-corrected chi connectivity index (χ4v) is 4.98. The zero-order valence-corrected chi connectivity index (χ0v) is 21.1. The van der Waals surface area contributed by atoms with Crippen LogP contribution in [0.3, 0.4) is 0 Å². The fraction of sp³-hybridized carbons (Fsp3) is 0.429. The third-order valence-corrected chi connectivity index (χ3v) is 7.12. The molecule has 1 saturated heterocycles. The lowest BCUT2D eigenvalue weighted by Gasteiger charge is -2.34. The summed E-state index contributed by atoms with van der Waals surface area (Å²) < 4.78 is 7.22. The molecule has 1 aromatic carbocycles. The van der Waals surface area contributed by atoms with E-state index in [0.717, 1.165) is 51.4 Å². The number of aromatic nitrogens is 5. The number of hydrogen-bond donors (Lipinski definition) is 0. The number of benzene rings is 1. The number of pyridine rings is 1. The Bertz CT molecular complexity index is 1290. The van der Waals surface area contributed by atoms with E-state index in [2.05, 4.69) is 41.9 Å². The Morgan fingerprint density at radius 3 is 2.54 bits per heavy atom. The van der Waals surface area contributed by atoms with Gasteiger partial charge in [-0.2, -0.15) is 5.10 Å². The summed E-state index contributed by atoms with van der Waals surface area (Å²) in [5, 5.41) is 5.80. The summed E-state index contributed by atoms with van der Waals surface area (Å²) in [6.07, 6.45) is 9.09. The number of methoxy groups -OCH3 is 1. The maximum absolute atomic E-state index is 5.26. The Morgan fingerprint density at radius 1 is 1.06 bits per heavy atom. The highest BCUT2D eigenvalue weighted by Crippen LogP contribution is 2.26. The van der Waals surface area contributed by atoms with Crippen molar-refractivity contribution in [2.75, 3.05) is 20.2 Å². The summed E-state index contributed by atoms with van der Waals surface area (Å²) >= 11 is 0. The van der Waals surface area contributed by atoms with E-state index in [1.807, 2.05) is 42.3 Å². The SMILES string of the molecule is COc1ccc(Cn2nc(C)c3cc(-c4cncc(CC5CCN(C(C)C)CC5)n4)cnc32)cc1. The van der Waals surface area contributed by atoms with Crippen LogP contribution in [0.4, 0.5) is 0 Å². The minimum atomic E-state index is 0.630. The standard InChI is InChI=1S/C28H34N6O/c1-19(2)33-11-9-21(10-12-33)13-24-16-29-17-27(31-24)23-14-26-20(3)32-34(28(26)30-15-23)18-22-5-7-25(35-4)8-6-22/h5-8,14-17,19,21H,9-13,18H2,1-4H3. The van der Waals surface area contributed by atoms with Gasteiger partial charge in [-0.15, -0.1) is 0 Å². The molecule has 7 nitrogen and oxygen atoms in total. The number of aryl methyl sites for hydroxylation is 1. The summed E-state index contributed by atoms with van der Waals surface area (Å²) in [7, 11) is 1.68. The maximum Gasteiger partial charge on any atom is 0.158 e. The van der Waals surface area contributed by atoms with Crippen molar-refractivity contribution in [2.24, 2.45) is 5.92 Å². The van der Waals surface area contributed by atoms with Crippen molar-refractivity contribution in [3.05, 3.63) is 65.9 Å². The van der Waals surface area contributed by atoms with Crippen LogP contribution in [0.15, 0.2) is 48.9 Å². The van der Waals surface area contributed by atoms with Gasteiger partial charge in [0.1, 0.15) is 5.75 Å². The molecule has 182 valence electrons. The molecular formula is C28H34N6O. The highest BCUT2D eigenvalue weighted by atomic mass is 16.5. The monoisotopic (exact) mass is 470 g/mol. The molecule has 7 heteroatoms. The summed E-state index contributed by atoms with van der Waals surface area (Å²) in [6, 6.07) is 10.8. The van der Waals surface area contributed by atoms with Crippen LogP contribution in [0.2, 0.25) is 0 Å². The van der Waals surface area contributed by atoms with Crippen molar-refractivity contribution >= 4 is 11.0 Å². The van der Waals surface area contributed by atoms with Crippen LogP contribution in [0, 0.1) is 12.8 Å². The fourth-order valence-electron chi connectivity index (χ4n) is 4.98. The van der Waals surface area contributed by atoms with Crippen LogP contribution in [0.1, 0.15) is 43.6 Å². The van der Waals surface area contributed by atoms with Crippen LogP contribution in [0.25, 0.3) is 22.3 Å². The minimum Gasteiger partial charge on any atom is -0.497 e. The first kappa shape index (κ1) is 23.4. The average molecular weight is 471 g/mol. The third-order valence-electron chi connectivity index (χ3n) is 7.12. The Balaban J connectivity index is 1.33. The van der Waals surface area contributed by atoms with Gasteiger partial charge in [-0.1, -0.05) is 12.1 Å². The van der Waals surface area contributed by atoms with Crippen LogP contribution in [-0.4, -0.2) is 55.9 Å². The van der Waals surface area contributed by atoms with Gasteiger partial charge in [0.2, 0.25) is 0 Å². The van der Waals surface area contributed by atoms with Crippen LogP contribution in [0.5, 0.6) is 5.75 Å². The van der Waals surface area contributed by atoms with Crippen molar-refractivity contribution in [3.8, 4) is 17.0 Å². The zero-order valence-electron chi connectivity index (χ0n) is 21.1. The molecule has 3 aromatic heterocycles. The quantitative estimate of drug-likeness (QED) is 0.382. The largest absolute Gasteiger partial charge is 0.497 e. The predicted molar refractivity (Wildman–Crippen MR) is 139 cm³/mol. The first-order valence-electron chi connectivity index (χ1n) is 12.5. The molecule has 4 aromatic rings. The molecule has 1 fully saturated rings. The van der Waals surface area contributed by atoms with E-state index in [1.165, 1.54) is 25.9 Å². The second kappa shape index (κ2) is 10.1. The van der Waals surface area contributed by atoms with Gasteiger partial charge < -0.3 is 9.64 Å². The van der Waals surface area contributed by atoms with E-state index in [0.29, 0.717) is 18.5 Å². The first-order chi connectivity index (χ1) is 17.0. The molecule has 0 amide bonds. The molecule has 0 spiro atoms. The molecule has 4 heterocycles. The van der Waals surface area contributed by atoms with Gasteiger partial charge in [-0.05, 0) is 82.8 Å². The average Bonchev–Trinajstić information content (AvgIpc) is 3.19. The number of hydrogen-bond acceptors (Lipinski definition) is 6. The smallest absolute Gasteiger partial charge is 0.158 e. The third kappa shape index (κ3) is 5.20. The van der Waals surface area contributed by atoms with Crippen LogP contribution in [-0.2, 0) is 13.0 Å². The maximum atomic E-state index is 5.26. The normalized spacial score (nSPS) is 15.2. The van der Waals surface area contributed by atoms with Gasteiger partial charge in [-0.25, -0.2) is 14.6 Å². The van der Waals surface area contributed by atoms with E-state index in [9.17, 15) is 0 Å². The van der Waals surface area contributed by atoms with Gasteiger partial charge >= 0.3 is 0 Å². The van der Waals surface area contributed by atoms with Gasteiger partial charge in [0.05, 0.1) is 36.9 Å². The highest BCUT2D eigenvalue weighted by Gasteiger charge is 2.21. The van der Waals surface area contributed by atoms with Crippen molar-refractivity contribution in [3.63, 3.8) is 0 Å². The number of ether oxygens (including phenoxy) is 1. The molecule has 0 saturated carbocycles. The number of nitrogens with zero attached hydrogens (tertiary/aromatic N) is 6. The number of piperidine rings is 1. The Labute approximate surface area is 207 Å². The Morgan fingerprint density at radius 2 is 1.83 bits per heavy atom. The summed E-state index contributed by atoms with van der Waals surface area (Å²) in [5.74, 6) is 1.52. The van der Waals surface area contributed by atoms with Gasteiger partial charge in [0.25, 0.3) is 0 Å². The molecule has 1 aliphatic rings. The van der Waals surface area contributed by atoms with Gasteiger partial charge in [-0.3, -0.25) is 4.98 Å². The van der Waals surface area contributed by atoms with E-state index < -0.39 is 0 Å². The van der Waals surface area contributed by atoms with Gasteiger partial charge in [0.15, 0.2) is 5.65 Å². The molecule has 0 aliphatic carbocycles. The molecule has 0 N–H and O–H groups in total.